The summed E-state index contributed by atoms with van der Waals surface area (Å²) in [4.78, 5) is 12.4. The third kappa shape index (κ3) is 6.26. The molecule has 3 aromatic rings. The van der Waals surface area contributed by atoms with E-state index < -0.39 is 11.9 Å². The zero-order valence-electron chi connectivity index (χ0n) is 17.7. The normalized spacial score (nSPS) is 11.4. The van der Waals surface area contributed by atoms with E-state index in [1.54, 1.807) is 31.2 Å². The lowest BCUT2D eigenvalue weighted by atomic mass is 10.1. The fourth-order valence-corrected chi connectivity index (χ4v) is 3.26. The van der Waals surface area contributed by atoms with Crippen molar-refractivity contribution in [2.75, 3.05) is 6.54 Å². The minimum Gasteiger partial charge on any atom is -0.487 e. The highest BCUT2D eigenvalue weighted by molar-refractivity contribution is 6.32. The summed E-state index contributed by atoms with van der Waals surface area (Å²) >= 11 is 6.14. The number of aryl methyl sites for hydroxylation is 3. The van der Waals surface area contributed by atoms with Crippen LogP contribution in [-0.2, 0) is 19.3 Å². The Hall–Kier alpha value is -3.00. The number of halogens is 4. The summed E-state index contributed by atoms with van der Waals surface area (Å²) in [5.74, 6) is 0.303. The molecule has 3 rings (SSSR count). The molecule has 0 fully saturated rings. The van der Waals surface area contributed by atoms with Gasteiger partial charge >= 0.3 is 6.18 Å². The Balaban J connectivity index is 1.50. The van der Waals surface area contributed by atoms with Crippen molar-refractivity contribution in [2.45, 2.75) is 39.6 Å². The highest BCUT2D eigenvalue weighted by atomic mass is 35.5. The number of alkyl halides is 3. The maximum Gasteiger partial charge on any atom is 0.435 e. The molecule has 0 spiro atoms. The second kappa shape index (κ2) is 10.1. The molecule has 0 aliphatic carbocycles. The highest BCUT2D eigenvalue weighted by Crippen LogP contribution is 2.28. The van der Waals surface area contributed by atoms with Crippen molar-refractivity contribution >= 4 is 17.5 Å². The fourth-order valence-electron chi connectivity index (χ4n) is 3.09. The quantitative estimate of drug-likeness (QED) is 0.442. The molecule has 2 aromatic carbocycles. The van der Waals surface area contributed by atoms with Crippen molar-refractivity contribution in [3.63, 3.8) is 0 Å². The zero-order chi connectivity index (χ0) is 23.3. The number of ether oxygens (including phenoxy) is 1. The van der Waals surface area contributed by atoms with Gasteiger partial charge in [-0.15, -0.1) is 0 Å². The first-order chi connectivity index (χ1) is 15.1. The van der Waals surface area contributed by atoms with Gasteiger partial charge in [0.25, 0.3) is 5.91 Å². The second-order valence-electron chi connectivity index (χ2n) is 7.42. The molecule has 0 aliphatic rings. The van der Waals surface area contributed by atoms with Crippen LogP contribution in [0.15, 0.2) is 48.5 Å². The van der Waals surface area contributed by atoms with Gasteiger partial charge in [-0.3, -0.25) is 9.48 Å². The number of amides is 1. The maximum atomic E-state index is 12.7. The first kappa shape index (κ1) is 23.7. The lowest BCUT2D eigenvalue weighted by Gasteiger charge is -2.10. The van der Waals surface area contributed by atoms with Crippen LogP contribution in [0.25, 0.3) is 0 Å². The van der Waals surface area contributed by atoms with Crippen LogP contribution >= 0.6 is 11.6 Å². The molecule has 0 atom stereocenters. The Bertz CT molecular complexity index is 1100. The van der Waals surface area contributed by atoms with E-state index in [0.717, 1.165) is 17.2 Å². The maximum absolute atomic E-state index is 12.7. The van der Waals surface area contributed by atoms with E-state index in [1.165, 1.54) is 4.68 Å². The van der Waals surface area contributed by atoms with E-state index in [0.29, 0.717) is 35.0 Å². The minimum atomic E-state index is -4.47. The standard InChI is InChI=1S/C23H23ClF3N3O2/c1-15-7-8-19(24)20(11-15)32-14-17-5-3-6-18(13-17)22(31)28-9-4-10-30-16(2)12-21(29-30)23(25,26)27/h3,5-8,11-13H,4,9-10,14H2,1-2H3,(H,28,31). The van der Waals surface area contributed by atoms with E-state index in [4.69, 9.17) is 16.3 Å². The Morgan fingerprint density at radius 3 is 2.66 bits per heavy atom. The smallest absolute Gasteiger partial charge is 0.435 e. The average molecular weight is 466 g/mol. The summed E-state index contributed by atoms with van der Waals surface area (Å²) in [7, 11) is 0. The lowest BCUT2D eigenvalue weighted by Crippen LogP contribution is -2.25. The van der Waals surface area contributed by atoms with Gasteiger partial charge in [0.05, 0.1) is 5.02 Å². The van der Waals surface area contributed by atoms with Crippen molar-refractivity contribution in [1.29, 1.82) is 0 Å². The number of nitrogens with zero attached hydrogens (tertiary/aromatic N) is 2. The fraction of sp³-hybridized carbons (Fsp3) is 0.304. The monoisotopic (exact) mass is 465 g/mol. The van der Waals surface area contributed by atoms with Crippen molar-refractivity contribution < 1.29 is 22.7 Å². The molecule has 0 saturated heterocycles. The van der Waals surface area contributed by atoms with Gasteiger partial charge in [0, 0.05) is 24.3 Å². The molecule has 0 unspecified atom stereocenters. The number of carbonyl (C=O) groups excluding carboxylic acids is 1. The topological polar surface area (TPSA) is 56.1 Å². The van der Waals surface area contributed by atoms with Crippen LogP contribution in [0.2, 0.25) is 5.02 Å². The third-order valence-electron chi connectivity index (χ3n) is 4.77. The number of nitrogens with one attached hydrogen (secondary N) is 1. The van der Waals surface area contributed by atoms with Crippen LogP contribution in [0, 0.1) is 13.8 Å². The first-order valence-corrected chi connectivity index (χ1v) is 10.4. The molecule has 0 radical (unpaired) electrons. The van der Waals surface area contributed by atoms with Gasteiger partial charge in [0.1, 0.15) is 12.4 Å². The van der Waals surface area contributed by atoms with Crippen LogP contribution in [0.1, 0.15) is 39.3 Å². The number of hydrogen-bond acceptors (Lipinski definition) is 3. The van der Waals surface area contributed by atoms with Crippen LogP contribution in [0.3, 0.4) is 0 Å². The summed E-state index contributed by atoms with van der Waals surface area (Å²) in [6.45, 7) is 4.34. The van der Waals surface area contributed by atoms with Crippen molar-refractivity contribution in [1.82, 2.24) is 15.1 Å². The molecule has 0 bridgehead atoms. The SMILES string of the molecule is Cc1ccc(Cl)c(OCc2cccc(C(=O)NCCCn3nc(C(F)(F)F)cc3C)c2)c1. The van der Waals surface area contributed by atoms with Gasteiger partial charge in [-0.25, -0.2) is 0 Å². The molecule has 1 N–H and O–H groups in total. The molecular weight excluding hydrogens is 443 g/mol. The Morgan fingerprint density at radius 1 is 1.16 bits per heavy atom. The number of aromatic nitrogens is 2. The van der Waals surface area contributed by atoms with Crippen molar-refractivity contribution in [3.05, 3.63) is 81.6 Å². The predicted octanol–water partition coefficient (Wildman–Crippen LogP) is 5.57. The summed E-state index contributed by atoms with van der Waals surface area (Å²) < 4.78 is 45.3. The molecule has 5 nitrogen and oxygen atoms in total. The number of rotatable bonds is 8. The van der Waals surface area contributed by atoms with Gasteiger partial charge < -0.3 is 10.1 Å². The van der Waals surface area contributed by atoms with Crippen LogP contribution in [0.4, 0.5) is 13.2 Å². The molecule has 1 amide bonds. The lowest BCUT2D eigenvalue weighted by molar-refractivity contribution is -0.141. The molecule has 1 heterocycles. The van der Waals surface area contributed by atoms with Gasteiger partial charge in [-0.2, -0.15) is 18.3 Å². The molecule has 9 heteroatoms. The Morgan fingerprint density at radius 2 is 1.94 bits per heavy atom. The van der Waals surface area contributed by atoms with Crippen LogP contribution in [-0.4, -0.2) is 22.2 Å². The largest absolute Gasteiger partial charge is 0.487 e. The van der Waals surface area contributed by atoms with E-state index in [1.807, 2.05) is 25.1 Å². The number of carbonyl (C=O) groups is 1. The van der Waals surface area contributed by atoms with Crippen molar-refractivity contribution in [2.24, 2.45) is 0 Å². The molecule has 0 aliphatic heterocycles. The molecule has 170 valence electrons. The number of hydrogen-bond donors (Lipinski definition) is 1. The van der Waals surface area contributed by atoms with E-state index in [2.05, 4.69) is 10.4 Å². The van der Waals surface area contributed by atoms with Gasteiger partial charge in [-0.05, 0) is 61.7 Å². The molecule has 32 heavy (non-hydrogen) atoms. The average Bonchev–Trinajstić information content (AvgIpc) is 3.13. The molecule has 1 aromatic heterocycles. The van der Waals surface area contributed by atoms with Crippen LogP contribution < -0.4 is 10.1 Å². The van der Waals surface area contributed by atoms with Crippen LogP contribution in [0.5, 0.6) is 5.75 Å². The number of benzene rings is 2. The van der Waals surface area contributed by atoms with E-state index >= 15 is 0 Å². The van der Waals surface area contributed by atoms with Gasteiger partial charge in [0.2, 0.25) is 0 Å². The minimum absolute atomic E-state index is 0.254. The van der Waals surface area contributed by atoms with E-state index in [-0.39, 0.29) is 19.1 Å². The second-order valence-corrected chi connectivity index (χ2v) is 7.83. The summed E-state index contributed by atoms with van der Waals surface area (Å²) in [5, 5.41) is 6.87. The Kier molecular flexibility index (Phi) is 7.45. The summed E-state index contributed by atoms with van der Waals surface area (Å²) in [6, 6.07) is 13.5. The van der Waals surface area contributed by atoms with Crippen molar-refractivity contribution in [3.8, 4) is 5.75 Å². The van der Waals surface area contributed by atoms with Gasteiger partial charge in [-0.1, -0.05) is 29.8 Å². The highest BCUT2D eigenvalue weighted by Gasteiger charge is 2.34. The first-order valence-electron chi connectivity index (χ1n) is 10.0. The van der Waals surface area contributed by atoms with E-state index in [9.17, 15) is 18.0 Å². The molecule has 0 saturated carbocycles. The Labute approximate surface area is 189 Å². The third-order valence-corrected chi connectivity index (χ3v) is 5.09. The molecular formula is C23H23ClF3N3O2. The predicted molar refractivity (Wildman–Crippen MR) is 116 cm³/mol. The van der Waals surface area contributed by atoms with Gasteiger partial charge in [0.15, 0.2) is 5.69 Å². The summed E-state index contributed by atoms with van der Waals surface area (Å²) in [5.41, 5.74) is 1.81. The summed E-state index contributed by atoms with van der Waals surface area (Å²) in [6.07, 6.45) is -4.02. The zero-order valence-corrected chi connectivity index (χ0v) is 18.4.